The molecule has 3 fully saturated rings. The van der Waals surface area contributed by atoms with Crippen molar-refractivity contribution in [3.63, 3.8) is 0 Å². The van der Waals surface area contributed by atoms with Crippen molar-refractivity contribution in [2.24, 2.45) is 5.41 Å². The largest absolute Gasteiger partial charge is 0.377 e. The molecule has 1 saturated carbocycles. The lowest BCUT2D eigenvalue weighted by Crippen LogP contribution is -2.52. The molecule has 0 N–H and O–H groups in total. The van der Waals surface area contributed by atoms with E-state index in [0.717, 1.165) is 76.8 Å². The fourth-order valence-electron chi connectivity index (χ4n) is 6.27. The number of piperidine rings is 1. The number of benzene rings is 1. The summed E-state index contributed by atoms with van der Waals surface area (Å²) in [7, 11) is 0. The summed E-state index contributed by atoms with van der Waals surface area (Å²) in [6.45, 7) is 4.68. The van der Waals surface area contributed by atoms with Gasteiger partial charge in [0.15, 0.2) is 0 Å². The lowest BCUT2D eigenvalue weighted by molar-refractivity contribution is -0.141. The van der Waals surface area contributed by atoms with E-state index in [1.54, 1.807) is 0 Å². The first-order valence-electron chi connectivity index (χ1n) is 12.5. The molecule has 0 unspecified atom stereocenters. The molecule has 170 valence electrons. The lowest BCUT2D eigenvalue weighted by atomic mass is 9.67. The van der Waals surface area contributed by atoms with Crippen molar-refractivity contribution in [1.29, 1.82) is 0 Å². The Bertz CT molecular complexity index is 910. The number of amides is 1. The summed E-state index contributed by atoms with van der Waals surface area (Å²) in [4.78, 5) is 20.6. The molecule has 2 saturated heterocycles. The van der Waals surface area contributed by atoms with E-state index in [1.807, 2.05) is 18.3 Å². The number of aromatic nitrogens is 1. The summed E-state index contributed by atoms with van der Waals surface area (Å²) in [6, 6.07) is 14.8. The molecule has 1 atom stereocenters. The van der Waals surface area contributed by atoms with E-state index in [-0.39, 0.29) is 16.9 Å². The summed E-state index contributed by atoms with van der Waals surface area (Å²) >= 11 is 0. The normalized spacial score (nSPS) is 24.5. The molecule has 2 aliphatic heterocycles. The lowest BCUT2D eigenvalue weighted by Gasteiger charge is -2.44. The number of nitrogens with zero attached hydrogens (tertiary/aromatic N) is 2. The maximum absolute atomic E-state index is 14.0. The molecule has 1 amide bonds. The van der Waals surface area contributed by atoms with Crippen molar-refractivity contribution in [2.75, 3.05) is 19.7 Å². The van der Waals surface area contributed by atoms with Crippen molar-refractivity contribution < 1.29 is 9.53 Å². The minimum Gasteiger partial charge on any atom is -0.377 e. The fraction of sp³-hybridized carbons (Fsp3) is 0.571. The van der Waals surface area contributed by atoms with Crippen LogP contribution in [0.1, 0.15) is 68.2 Å². The molecule has 5 rings (SSSR count). The average Bonchev–Trinajstić information content (AvgIpc) is 3.22. The van der Waals surface area contributed by atoms with Crippen LogP contribution < -0.4 is 0 Å². The topological polar surface area (TPSA) is 42.4 Å². The van der Waals surface area contributed by atoms with Gasteiger partial charge in [-0.15, -0.1) is 0 Å². The highest BCUT2D eigenvalue weighted by molar-refractivity contribution is 5.88. The highest BCUT2D eigenvalue weighted by Crippen LogP contribution is 2.45. The van der Waals surface area contributed by atoms with Gasteiger partial charge in [0.2, 0.25) is 5.91 Å². The minimum atomic E-state index is -0.315. The predicted octanol–water partition coefficient (Wildman–Crippen LogP) is 5.23. The summed E-state index contributed by atoms with van der Waals surface area (Å²) in [6.07, 6.45) is 11.8. The van der Waals surface area contributed by atoms with Crippen LogP contribution in [-0.4, -0.2) is 41.6 Å². The number of ether oxygens (including phenoxy) is 1. The second kappa shape index (κ2) is 8.97. The highest BCUT2D eigenvalue weighted by Gasteiger charge is 2.47. The number of carbonyl (C=O) groups is 1. The van der Waals surface area contributed by atoms with E-state index >= 15 is 0 Å². The molecule has 1 aromatic heterocycles. The third-order valence-corrected chi connectivity index (χ3v) is 8.28. The predicted molar refractivity (Wildman–Crippen MR) is 126 cm³/mol. The zero-order valence-electron chi connectivity index (χ0n) is 19.4. The molecule has 3 aliphatic rings. The molecule has 1 aliphatic carbocycles. The smallest absolute Gasteiger partial charge is 0.233 e. The van der Waals surface area contributed by atoms with Gasteiger partial charge in [0.25, 0.3) is 0 Å². The van der Waals surface area contributed by atoms with Gasteiger partial charge in [-0.3, -0.25) is 9.78 Å². The van der Waals surface area contributed by atoms with Gasteiger partial charge in [0, 0.05) is 31.4 Å². The number of hydrogen-bond acceptors (Lipinski definition) is 3. The molecule has 0 radical (unpaired) electrons. The summed E-state index contributed by atoms with van der Waals surface area (Å²) in [5.41, 5.74) is 3.52. The molecule has 32 heavy (non-hydrogen) atoms. The Morgan fingerprint density at radius 1 is 1.03 bits per heavy atom. The van der Waals surface area contributed by atoms with Crippen LogP contribution in [0.4, 0.5) is 0 Å². The SMILES string of the molecule is Cc1ccc(C2(C(=O)N3CCC4(CC3)CO[C@@H](Cc3ccccn3)C4)CCCCC2)cc1. The number of pyridine rings is 1. The quantitative estimate of drug-likeness (QED) is 0.664. The van der Waals surface area contributed by atoms with Crippen LogP contribution in [0.25, 0.3) is 0 Å². The number of hydrogen-bond donors (Lipinski definition) is 0. The summed E-state index contributed by atoms with van der Waals surface area (Å²) in [5.74, 6) is 0.375. The zero-order valence-corrected chi connectivity index (χ0v) is 19.4. The minimum absolute atomic E-state index is 0.236. The zero-order chi connectivity index (χ0) is 22.0. The first-order valence-corrected chi connectivity index (χ1v) is 12.5. The maximum atomic E-state index is 14.0. The van der Waals surface area contributed by atoms with E-state index in [2.05, 4.69) is 47.1 Å². The molecule has 3 heterocycles. The summed E-state index contributed by atoms with van der Waals surface area (Å²) in [5, 5.41) is 0. The van der Waals surface area contributed by atoms with Crippen LogP contribution in [0.2, 0.25) is 0 Å². The van der Waals surface area contributed by atoms with E-state index in [0.29, 0.717) is 5.91 Å². The monoisotopic (exact) mass is 432 g/mol. The molecule has 2 aromatic rings. The van der Waals surface area contributed by atoms with E-state index in [9.17, 15) is 4.79 Å². The highest BCUT2D eigenvalue weighted by atomic mass is 16.5. The molecule has 1 aromatic carbocycles. The number of aryl methyl sites for hydroxylation is 1. The Kier molecular flexibility index (Phi) is 6.07. The van der Waals surface area contributed by atoms with Crippen LogP contribution in [0, 0.1) is 12.3 Å². The van der Waals surface area contributed by atoms with Crippen molar-refractivity contribution >= 4 is 5.91 Å². The van der Waals surface area contributed by atoms with Crippen molar-refractivity contribution in [2.45, 2.75) is 76.2 Å². The van der Waals surface area contributed by atoms with Gasteiger partial charge >= 0.3 is 0 Å². The number of rotatable bonds is 4. The molecule has 4 heteroatoms. The second-order valence-corrected chi connectivity index (χ2v) is 10.5. The molecule has 0 bridgehead atoms. The number of carbonyl (C=O) groups excluding carboxylic acids is 1. The van der Waals surface area contributed by atoms with Gasteiger partial charge in [0.05, 0.1) is 18.1 Å². The van der Waals surface area contributed by atoms with Crippen LogP contribution in [-0.2, 0) is 21.4 Å². The molecule has 4 nitrogen and oxygen atoms in total. The van der Waals surface area contributed by atoms with Gasteiger partial charge in [-0.1, -0.05) is 55.2 Å². The third kappa shape index (κ3) is 4.22. The Labute approximate surface area is 192 Å². The molecule has 1 spiro atoms. The van der Waals surface area contributed by atoms with E-state index in [1.165, 1.54) is 17.5 Å². The maximum Gasteiger partial charge on any atom is 0.233 e. The van der Waals surface area contributed by atoms with Crippen molar-refractivity contribution in [1.82, 2.24) is 9.88 Å². The first kappa shape index (κ1) is 21.6. The van der Waals surface area contributed by atoms with Gasteiger partial charge in [-0.2, -0.15) is 0 Å². The molecular formula is C28H36N2O2. The third-order valence-electron chi connectivity index (χ3n) is 8.28. The van der Waals surface area contributed by atoms with Crippen LogP contribution >= 0.6 is 0 Å². The van der Waals surface area contributed by atoms with Crippen LogP contribution in [0.5, 0.6) is 0 Å². The first-order chi connectivity index (χ1) is 15.6. The van der Waals surface area contributed by atoms with Gasteiger partial charge in [0.1, 0.15) is 0 Å². The fourth-order valence-corrected chi connectivity index (χ4v) is 6.27. The van der Waals surface area contributed by atoms with Gasteiger partial charge in [-0.05, 0) is 62.1 Å². The summed E-state index contributed by atoms with van der Waals surface area (Å²) < 4.78 is 6.22. The van der Waals surface area contributed by atoms with E-state index < -0.39 is 0 Å². The second-order valence-electron chi connectivity index (χ2n) is 10.5. The van der Waals surface area contributed by atoms with Gasteiger partial charge < -0.3 is 9.64 Å². The van der Waals surface area contributed by atoms with Crippen LogP contribution in [0.3, 0.4) is 0 Å². The van der Waals surface area contributed by atoms with Gasteiger partial charge in [-0.25, -0.2) is 0 Å². The molecular weight excluding hydrogens is 396 g/mol. The number of likely N-dealkylation sites (tertiary alicyclic amines) is 1. The Morgan fingerprint density at radius 2 is 1.78 bits per heavy atom. The standard InChI is InChI=1S/C28H36N2O2/c1-22-8-10-23(11-9-22)28(12-4-2-5-13-28)26(31)30-17-14-27(15-18-30)20-25(32-21-27)19-24-7-3-6-16-29-24/h3,6-11,16,25H,2,4-5,12-15,17-21H2,1H3/t25-/m0/s1. The Morgan fingerprint density at radius 3 is 2.47 bits per heavy atom. The Hall–Kier alpha value is -2.20. The van der Waals surface area contributed by atoms with Crippen LogP contribution in [0.15, 0.2) is 48.7 Å². The average molecular weight is 433 g/mol. The van der Waals surface area contributed by atoms with Crippen molar-refractivity contribution in [3.8, 4) is 0 Å². The Balaban J connectivity index is 1.25. The van der Waals surface area contributed by atoms with E-state index in [4.69, 9.17) is 4.74 Å². The van der Waals surface area contributed by atoms with Crippen molar-refractivity contribution in [3.05, 3.63) is 65.5 Å².